The van der Waals surface area contributed by atoms with Crippen molar-refractivity contribution < 1.29 is 38.8 Å². The first-order valence-electron chi connectivity index (χ1n) is 8.65. The highest BCUT2D eigenvalue weighted by atomic mass is 16.6. The Morgan fingerprint density at radius 3 is 1.89 bits per heavy atom. The standard InChI is InChI=1S/C16H31N3O8/c1-10(21)25-14(9-20)16(27-12(3)23)15(26-11(2)22)13(24)8-19-7-6-18-5-4-17/h13-16,18-20,24H,4-9,17H2,1-3H3. The lowest BCUT2D eigenvalue weighted by Crippen LogP contribution is -2.54. The second-order valence-corrected chi connectivity index (χ2v) is 5.79. The number of hydrogen-bond acceptors (Lipinski definition) is 11. The van der Waals surface area contributed by atoms with Crippen LogP contribution >= 0.6 is 0 Å². The Bertz CT molecular complexity index is 463. The molecule has 0 fully saturated rings. The van der Waals surface area contributed by atoms with Crippen molar-refractivity contribution in [3.8, 4) is 0 Å². The topological polar surface area (TPSA) is 169 Å². The summed E-state index contributed by atoms with van der Waals surface area (Å²) < 4.78 is 15.1. The molecule has 0 rings (SSSR count). The molecule has 0 aliphatic carbocycles. The molecule has 11 nitrogen and oxygen atoms in total. The van der Waals surface area contributed by atoms with Crippen LogP contribution in [0.3, 0.4) is 0 Å². The number of rotatable bonds is 14. The molecule has 11 heteroatoms. The number of carbonyl (C=O) groups excluding carboxylic acids is 3. The highest BCUT2D eigenvalue weighted by molar-refractivity contribution is 5.68. The smallest absolute Gasteiger partial charge is 0.303 e. The minimum Gasteiger partial charge on any atom is -0.456 e. The molecule has 0 radical (unpaired) electrons. The molecule has 0 saturated carbocycles. The lowest BCUT2D eigenvalue weighted by Gasteiger charge is -2.33. The van der Waals surface area contributed by atoms with E-state index in [9.17, 15) is 24.6 Å². The summed E-state index contributed by atoms with van der Waals surface area (Å²) in [4.78, 5) is 34.1. The van der Waals surface area contributed by atoms with Crippen LogP contribution in [0.2, 0.25) is 0 Å². The second-order valence-electron chi connectivity index (χ2n) is 5.79. The Labute approximate surface area is 158 Å². The molecule has 0 spiro atoms. The minimum absolute atomic E-state index is 0.00175. The zero-order chi connectivity index (χ0) is 20.8. The van der Waals surface area contributed by atoms with Crippen LogP contribution in [0.25, 0.3) is 0 Å². The molecule has 0 heterocycles. The second kappa shape index (κ2) is 14.3. The lowest BCUT2D eigenvalue weighted by molar-refractivity contribution is -0.195. The summed E-state index contributed by atoms with van der Waals surface area (Å²) in [6.07, 6.45) is -5.34. The average Bonchev–Trinajstić information content (AvgIpc) is 2.58. The number of aliphatic hydroxyl groups is 2. The Morgan fingerprint density at radius 1 is 0.889 bits per heavy atom. The monoisotopic (exact) mass is 393 g/mol. The van der Waals surface area contributed by atoms with Crippen molar-refractivity contribution in [2.24, 2.45) is 5.73 Å². The van der Waals surface area contributed by atoms with Gasteiger partial charge in [0, 0.05) is 53.5 Å². The zero-order valence-electron chi connectivity index (χ0n) is 16.0. The molecule has 6 N–H and O–H groups in total. The Hall–Kier alpha value is -1.79. The summed E-state index contributed by atoms with van der Waals surface area (Å²) in [5.74, 6) is -2.22. The van der Waals surface area contributed by atoms with Crippen molar-refractivity contribution in [3.63, 3.8) is 0 Å². The molecule has 0 aromatic rings. The van der Waals surface area contributed by atoms with Gasteiger partial charge in [-0.1, -0.05) is 0 Å². The quantitative estimate of drug-likeness (QED) is 0.118. The van der Waals surface area contributed by atoms with E-state index < -0.39 is 48.9 Å². The molecule has 0 saturated heterocycles. The summed E-state index contributed by atoms with van der Waals surface area (Å²) in [7, 11) is 0. The van der Waals surface area contributed by atoms with Crippen LogP contribution in [-0.4, -0.2) is 91.9 Å². The number of ether oxygens (including phenoxy) is 3. The summed E-state index contributed by atoms with van der Waals surface area (Å²) in [6.45, 7) is 4.88. The van der Waals surface area contributed by atoms with Crippen molar-refractivity contribution in [1.29, 1.82) is 0 Å². The van der Waals surface area contributed by atoms with Crippen LogP contribution in [0.4, 0.5) is 0 Å². The van der Waals surface area contributed by atoms with Crippen molar-refractivity contribution >= 4 is 17.9 Å². The molecule has 0 aliphatic heterocycles. The minimum atomic E-state index is -1.38. The largest absolute Gasteiger partial charge is 0.456 e. The van der Waals surface area contributed by atoms with Gasteiger partial charge in [-0.2, -0.15) is 0 Å². The Balaban J connectivity index is 5.13. The van der Waals surface area contributed by atoms with Gasteiger partial charge in [0.25, 0.3) is 0 Å². The normalized spacial score (nSPS) is 15.3. The molecule has 4 unspecified atom stereocenters. The summed E-state index contributed by atoms with van der Waals surface area (Å²) >= 11 is 0. The molecular weight excluding hydrogens is 362 g/mol. The fraction of sp³-hybridized carbons (Fsp3) is 0.812. The van der Waals surface area contributed by atoms with Gasteiger partial charge in [-0.3, -0.25) is 14.4 Å². The molecule has 0 aromatic carbocycles. The fourth-order valence-electron chi connectivity index (χ4n) is 2.29. The SMILES string of the molecule is CC(=O)OC(CO)C(OC(C)=O)C(OC(C)=O)C(O)CNCCNCCN. The number of esters is 3. The maximum Gasteiger partial charge on any atom is 0.303 e. The first-order chi connectivity index (χ1) is 12.7. The van der Waals surface area contributed by atoms with E-state index in [4.69, 9.17) is 19.9 Å². The van der Waals surface area contributed by atoms with E-state index in [1.54, 1.807) is 0 Å². The molecule has 0 amide bonds. The van der Waals surface area contributed by atoms with Gasteiger partial charge in [0.1, 0.15) is 6.10 Å². The van der Waals surface area contributed by atoms with Crippen LogP contribution in [0, 0.1) is 0 Å². The van der Waals surface area contributed by atoms with E-state index in [2.05, 4.69) is 10.6 Å². The number of hydrogen-bond donors (Lipinski definition) is 5. The maximum atomic E-state index is 11.4. The van der Waals surface area contributed by atoms with Crippen molar-refractivity contribution in [2.45, 2.75) is 45.2 Å². The van der Waals surface area contributed by atoms with Crippen LogP contribution in [-0.2, 0) is 28.6 Å². The molecule has 0 aromatic heterocycles. The van der Waals surface area contributed by atoms with E-state index in [1.165, 1.54) is 0 Å². The molecule has 158 valence electrons. The third kappa shape index (κ3) is 11.5. The van der Waals surface area contributed by atoms with E-state index >= 15 is 0 Å². The lowest BCUT2D eigenvalue weighted by atomic mass is 10.0. The average molecular weight is 393 g/mol. The predicted octanol–water partition coefficient (Wildman–Crippen LogP) is -2.73. The fourth-order valence-corrected chi connectivity index (χ4v) is 2.29. The Kier molecular flexibility index (Phi) is 13.3. The maximum absolute atomic E-state index is 11.4. The Morgan fingerprint density at radius 2 is 1.41 bits per heavy atom. The van der Waals surface area contributed by atoms with E-state index in [0.29, 0.717) is 26.2 Å². The first-order valence-corrected chi connectivity index (χ1v) is 8.65. The van der Waals surface area contributed by atoms with Crippen LogP contribution in [0.5, 0.6) is 0 Å². The number of carbonyl (C=O) groups is 3. The number of aliphatic hydroxyl groups excluding tert-OH is 2. The molecule has 4 atom stereocenters. The van der Waals surface area contributed by atoms with Crippen LogP contribution in [0.1, 0.15) is 20.8 Å². The summed E-state index contributed by atoms with van der Waals surface area (Å²) in [5.41, 5.74) is 5.36. The summed E-state index contributed by atoms with van der Waals surface area (Å²) in [6, 6.07) is 0. The van der Waals surface area contributed by atoms with Crippen molar-refractivity contribution in [1.82, 2.24) is 10.6 Å². The summed E-state index contributed by atoms with van der Waals surface area (Å²) in [5, 5.41) is 25.9. The highest BCUT2D eigenvalue weighted by Crippen LogP contribution is 2.17. The van der Waals surface area contributed by atoms with Gasteiger partial charge in [-0.25, -0.2) is 0 Å². The zero-order valence-corrected chi connectivity index (χ0v) is 16.0. The van der Waals surface area contributed by atoms with Crippen LogP contribution < -0.4 is 16.4 Å². The molecule has 27 heavy (non-hydrogen) atoms. The number of nitrogens with two attached hydrogens (primary N) is 1. The molecular formula is C16H31N3O8. The predicted molar refractivity (Wildman–Crippen MR) is 94.5 cm³/mol. The van der Waals surface area contributed by atoms with Gasteiger partial charge in [0.2, 0.25) is 0 Å². The third-order valence-corrected chi connectivity index (χ3v) is 3.32. The first kappa shape index (κ1) is 25.2. The van der Waals surface area contributed by atoms with Crippen molar-refractivity contribution in [2.75, 3.05) is 39.3 Å². The van der Waals surface area contributed by atoms with E-state index in [0.717, 1.165) is 20.8 Å². The van der Waals surface area contributed by atoms with E-state index in [-0.39, 0.29) is 6.54 Å². The van der Waals surface area contributed by atoms with Gasteiger partial charge >= 0.3 is 17.9 Å². The number of nitrogens with one attached hydrogen (secondary N) is 2. The molecule has 0 aliphatic rings. The highest BCUT2D eigenvalue weighted by Gasteiger charge is 2.40. The van der Waals surface area contributed by atoms with Gasteiger partial charge in [-0.05, 0) is 0 Å². The van der Waals surface area contributed by atoms with E-state index in [1.807, 2.05) is 0 Å². The van der Waals surface area contributed by atoms with Gasteiger partial charge in [0.05, 0.1) is 6.61 Å². The van der Waals surface area contributed by atoms with Gasteiger partial charge in [0.15, 0.2) is 18.3 Å². The van der Waals surface area contributed by atoms with Gasteiger partial charge < -0.3 is 40.8 Å². The molecule has 0 bridgehead atoms. The van der Waals surface area contributed by atoms with Crippen LogP contribution in [0.15, 0.2) is 0 Å². The third-order valence-electron chi connectivity index (χ3n) is 3.32. The van der Waals surface area contributed by atoms with Crippen molar-refractivity contribution in [3.05, 3.63) is 0 Å². The van der Waals surface area contributed by atoms with Gasteiger partial charge in [-0.15, -0.1) is 0 Å².